The smallest absolute Gasteiger partial charge is 0.286 e. The maximum absolute atomic E-state index is 12.2. The fourth-order valence-corrected chi connectivity index (χ4v) is 3.75. The predicted molar refractivity (Wildman–Crippen MR) is 94.3 cm³/mol. The molecule has 128 valence electrons. The first-order chi connectivity index (χ1) is 11.5. The van der Waals surface area contributed by atoms with Gasteiger partial charge in [0.1, 0.15) is 0 Å². The summed E-state index contributed by atoms with van der Waals surface area (Å²) >= 11 is 1.33. The number of phenols is 1. The number of aliphatic imine (C=N–C) groups is 1. The Morgan fingerprint density at radius 1 is 1.38 bits per heavy atom. The summed E-state index contributed by atoms with van der Waals surface area (Å²) in [4.78, 5) is 18.9. The van der Waals surface area contributed by atoms with Crippen LogP contribution < -0.4 is 4.74 Å². The fourth-order valence-electron chi connectivity index (χ4n) is 2.83. The van der Waals surface area contributed by atoms with E-state index in [2.05, 4.69) is 9.89 Å². The number of methoxy groups -OCH3 is 1. The molecule has 0 aromatic heterocycles. The molecule has 24 heavy (non-hydrogen) atoms. The normalized spacial score (nSPS) is 26.0. The minimum Gasteiger partial charge on any atom is -0.504 e. The Hall–Kier alpha value is -1.99. The van der Waals surface area contributed by atoms with Crippen molar-refractivity contribution in [1.29, 1.82) is 0 Å². The molecule has 6 nitrogen and oxygen atoms in total. The van der Waals surface area contributed by atoms with Gasteiger partial charge in [-0.2, -0.15) is 4.99 Å². The van der Waals surface area contributed by atoms with Crippen LogP contribution in [0.5, 0.6) is 11.5 Å². The molecule has 1 amide bonds. The van der Waals surface area contributed by atoms with Gasteiger partial charge < -0.3 is 19.5 Å². The van der Waals surface area contributed by atoms with Crippen molar-refractivity contribution in [3.8, 4) is 11.5 Å². The molecule has 2 atom stereocenters. The van der Waals surface area contributed by atoms with E-state index < -0.39 is 0 Å². The Morgan fingerprint density at radius 3 is 2.75 bits per heavy atom. The van der Waals surface area contributed by atoms with Crippen molar-refractivity contribution in [2.45, 2.75) is 26.1 Å². The zero-order valence-corrected chi connectivity index (χ0v) is 14.7. The SMILES string of the molecule is COc1cccc(/C=C2/SC(N3C[C@@H](C)O[C@H](C)C3)=NC2=O)c1O. The number of benzene rings is 1. The van der Waals surface area contributed by atoms with Crippen LogP contribution >= 0.6 is 11.8 Å². The van der Waals surface area contributed by atoms with Crippen molar-refractivity contribution in [1.82, 2.24) is 4.90 Å². The highest BCUT2D eigenvalue weighted by Gasteiger charge is 2.31. The van der Waals surface area contributed by atoms with Gasteiger partial charge in [-0.3, -0.25) is 4.79 Å². The molecule has 3 rings (SSSR count). The average molecular weight is 348 g/mol. The van der Waals surface area contributed by atoms with Crippen molar-refractivity contribution in [3.05, 3.63) is 28.7 Å². The van der Waals surface area contributed by atoms with Gasteiger partial charge in [-0.15, -0.1) is 0 Å². The summed E-state index contributed by atoms with van der Waals surface area (Å²) in [7, 11) is 1.49. The summed E-state index contributed by atoms with van der Waals surface area (Å²) < 4.78 is 10.8. The van der Waals surface area contributed by atoms with Crippen LogP contribution in [-0.2, 0) is 9.53 Å². The van der Waals surface area contributed by atoms with Crippen LogP contribution in [0, 0.1) is 0 Å². The molecule has 1 fully saturated rings. The maximum Gasteiger partial charge on any atom is 0.286 e. The highest BCUT2D eigenvalue weighted by Crippen LogP contribution is 2.36. The minimum absolute atomic E-state index is 0.0166. The van der Waals surface area contributed by atoms with E-state index in [1.165, 1.54) is 18.9 Å². The van der Waals surface area contributed by atoms with Crippen molar-refractivity contribution in [2.75, 3.05) is 20.2 Å². The lowest BCUT2D eigenvalue weighted by atomic mass is 10.1. The number of carbonyl (C=O) groups is 1. The molecule has 1 aromatic carbocycles. The number of morpholine rings is 1. The Kier molecular flexibility index (Phi) is 4.82. The molecule has 0 saturated carbocycles. The molecule has 0 bridgehead atoms. The van der Waals surface area contributed by atoms with Crippen LogP contribution in [0.4, 0.5) is 0 Å². The lowest BCUT2D eigenvalue weighted by molar-refractivity contribution is -0.113. The number of thioether (sulfide) groups is 1. The molecule has 0 spiro atoms. The molecular formula is C17H20N2O4S. The van der Waals surface area contributed by atoms with E-state index in [9.17, 15) is 9.90 Å². The molecular weight excluding hydrogens is 328 g/mol. The van der Waals surface area contributed by atoms with Gasteiger partial charge in [-0.1, -0.05) is 12.1 Å². The van der Waals surface area contributed by atoms with Gasteiger partial charge >= 0.3 is 0 Å². The molecule has 2 aliphatic heterocycles. The number of amides is 1. The second kappa shape index (κ2) is 6.86. The van der Waals surface area contributed by atoms with Gasteiger partial charge in [0.25, 0.3) is 5.91 Å². The van der Waals surface area contributed by atoms with E-state index in [1.54, 1.807) is 24.3 Å². The molecule has 0 radical (unpaired) electrons. The van der Waals surface area contributed by atoms with Crippen molar-refractivity contribution in [2.24, 2.45) is 4.99 Å². The maximum atomic E-state index is 12.2. The number of hydrogen-bond donors (Lipinski definition) is 1. The third-order valence-corrected chi connectivity index (χ3v) is 4.88. The van der Waals surface area contributed by atoms with Crippen LogP contribution in [0.15, 0.2) is 28.1 Å². The fraction of sp³-hybridized carbons (Fsp3) is 0.412. The van der Waals surface area contributed by atoms with Gasteiger partial charge in [0.15, 0.2) is 16.7 Å². The van der Waals surface area contributed by atoms with Crippen LogP contribution in [0.1, 0.15) is 19.4 Å². The monoisotopic (exact) mass is 348 g/mol. The summed E-state index contributed by atoms with van der Waals surface area (Å²) in [6.07, 6.45) is 1.85. The molecule has 7 heteroatoms. The number of nitrogens with zero attached hydrogens (tertiary/aromatic N) is 2. The van der Waals surface area contributed by atoms with Crippen LogP contribution in [0.3, 0.4) is 0 Å². The second-order valence-corrected chi connectivity index (χ2v) is 6.88. The lowest BCUT2D eigenvalue weighted by Gasteiger charge is -2.35. The first-order valence-electron chi connectivity index (χ1n) is 7.77. The number of hydrogen-bond acceptors (Lipinski definition) is 6. The zero-order chi connectivity index (χ0) is 17.3. The Morgan fingerprint density at radius 2 is 2.08 bits per heavy atom. The van der Waals surface area contributed by atoms with Crippen molar-refractivity contribution < 1.29 is 19.4 Å². The van der Waals surface area contributed by atoms with E-state index in [0.29, 0.717) is 34.5 Å². The van der Waals surface area contributed by atoms with E-state index in [4.69, 9.17) is 9.47 Å². The Balaban J connectivity index is 1.80. The average Bonchev–Trinajstić information content (AvgIpc) is 2.89. The summed E-state index contributed by atoms with van der Waals surface area (Å²) in [5.74, 6) is 0.101. The molecule has 1 N–H and O–H groups in total. The summed E-state index contributed by atoms with van der Waals surface area (Å²) in [5.41, 5.74) is 0.533. The largest absolute Gasteiger partial charge is 0.504 e. The molecule has 2 heterocycles. The highest BCUT2D eigenvalue weighted by atomic mass is 32.2. The van der Waals surface area contributed by atoms with Gasteiger partial charge in [-0.05, 0) is 37.8 Å². The number of phenolic OH excluding ortho intramolecular Hbond substituents is 1. The second-order valence-electron chi connectivity index (χ2n) is 5.87. The van der Waals surface area contributed by atoms with Crippen molar-refractivity contribution >= 4 is 28.9 Å². The Bertz CT molecular complexity index is 707. The minimum atomic E-state index is -0.288. The first kappa shape index (κ1) is 16.9. The van der Waals surface area contributed by atoms with E-state index in [-0.39, 0.29) is 23.9 Å². The van der Waals surface area contributed by atoms with Crippen LogP contribution in [0.25, 0.3) is 6.08 Å². The van der Waals surface area contributed by atoms with E-state index in [1.807, 2.05) is 13.8 Å². The first-order valence-corrected chi connectivity index (χ1v) is 8.58. The predicted octanol–water partition coefficient (Wildman–Crippen LogP) is 2.48. The number of para-hydroxylation sites is 1. The Labute approximate surface area is 145 Å². The van der Waals surface area contributed by atoms with Gasteiger partial charge in [0.05, 0.1) is 24.2 Å². The standard InChI is InChI=1S/C17H20N2O4S/c1-10-8-19(9-11(2)23-10)17-18-16(21)14(24-17)7-12-5-4-6-13(22-3)15(12)20/h4-7,10-11,20H,8-9H2,1-3H3/b14-7+/t10-,11-/m1/s1. The highest BCUT2D eigenvalue weighted by molar-refractivity contribution is 8.18. The van der Waals surface area contributed by atoms with Crippen LogP contribution in [0.2, 0.25) is 0 Å². The van der Waals surface area contributed by atoms with Gasteiger partial charge in [0, 0.05) is 18.7 Å². The van der Waals surface area contributed by atoms with Gasteiger partial charge in [0.2, 0.25) is 0 Å². The lowest BCUT2D eigenvalue weighted by Crippen LogP contribution is -2.47. The van der Waals surface area contributed by atoms with Gasteiger partial charge in [-0.25, -0.2) is 0 Å². The summed E-state index contributed by atoms with van der Waals surface area (Å²) in [6.45, 7) is 5.44. The molecule has 1 aromatic rings. The molecule has 0 unspecified atom stereocenters. The van der Waals surface area contributed by atoms with Crippen molar-refractivity contribution in [3.63, 3.8) is 0 Å². The van der Waals surface area contributed by atoms with Crippen LogP contribution in [-0.4, -0.2) is 53.5 Å². The number of rotatable bonds is 2. The quantitative estimate of drug-likeness (QED) is 0.828. The van der Waals surface area contributed by atoms with E-state index >= 15 is 0 Å². The summed E-state index contributed by atoms with van der Waals surface area (Å²) in [6, 6.07) is 5.16. The molecule has 1 saturated heterocycles. The molecule has 0 aliphatic carbocycles. The number of amidine groups is 1. The van der Waals surface area contributed by atoms with E-state index in [0.717, 1.165) is 0 Å². The summed E-state index contributed by atoms with van der Waals surface area (Å²) in [5, 5.41) is 10.9. The third-order valence-electron chi connectivity index (χ3n) is 3.84. The number of aromatic hydroxyl groups is 1. The number of carbonyl (C=O) groups excluding carboxylic acids is 1. The zero-order valence-electron chi connectivity index (χ0n) is 13.9. The topological polar surface area (TPSA) is 71.4 Å². The molecule has 2 aliphatic rings. The third kappa shape index (κ3) is 3.42. The number of ether oxygens (including phenoxy) is 2.